The third-order valence-electron chi connectivity index (χ3n) is 5.52. The average Bonchev–Trinajstić information content (AvgIpc) is 3.14. The minimum absolute atomic E-state index is 0.143. The van der Waals surface area contributed by atoms with Crippen LogP contribution in [0.2, 0.25) is 0 Å². The predicted octanol–water partition coefficient (Wildman–Crippen LogP) is 3.63. The summed E-state index contributed by atoms with van der Waals surface area (Å²) in [7, 11) is 0. The van der Waals surface area contributed by atoms with Crippen LogP contribution >= 0.6 is 0 Å². The Balaban J connectivity index is 1.26. The molecule has 0 bridgehead atoms. The van der Waals surface area contributed by atoms with Gasteiger partial charge in [0, 0.05) is 12.3 Å². The molecule has 2 aliphatic rings. The van der Waals surface area contributed by atoms with Crippen molar-refractivity contribution in [1.82, 2.24) is 9.55 Å². The molecule has 5 heteroatoms. The van der Waals surface area contributed by atoms with E-state index in [9.17, 15) is 4.79 Å². The molecule has 0 amide bonds. The van der Waals surface area contributed by atoms with Crippen LogP contribution in [0.4, 0.5) is 0 Å². The minimum atomic E-state index is -0.286. The Morgan fingerprint density at radius 2 is 1.93 bits per heavy atom. The molecular weight excluding hydrogens is 352 g/mol. The first-order chi connectivity index (χ1) is 13.8. The van der Waals surface area contributed by atoms with Crippen LogP contribution < -0.4 is 15.0 Å². The molecule has 0 radical (unpaired) electrons. The van der Waals surface area contributed by atoms with Crippen molar-refractivity contribution in [3.63, 3.8) is 0 Å². The highest BCUT2D eigenvalue weighted by atomic mass is 16.6. The van der Waals surface area contributed by atoms with Gasteiger partial charge in [0.2, 0.25) is 0 Å². The molecule has 0 N–H and O–H groups in total. The van der Waals surface area contributed by atoms with Gasteiger partial charge in [-0.25, -0.2) is 0 Å². The third-order valence-corrected chi connectivity index (χ3v) is 5.52. The van der Waals surface area contributed by atoms with E-state index in [0.717, 1.165) is 5.75 Å². The van der Waals surface area contributed by atoms with Crippen molar-refractivity contribution in [2.75, 3.05) is 6.61 Å². The second kappa shape index (κ2) is 7.15. The molecule has 1 aromatic heterocycles. The van der Waals surface area contributed by atoms with Crippen LogP contribution in [0.3, 0.4) is 0 Å². The number of nitrogens with zero attached hydrogens (tertiary/aromatic N) is 2. The van der Waals surface area contributed by atoms with E-state index in [1.165, 1.54) is 54.0 Å². The molecule has 1 aliphatic carbocycles. The van der Waals surface area contributed by atoms with Gasteiger partial charge in [-0.1, -0.05) is 30.3 Å². The molecule has 0 saturated carbocycles. The number of hydrogen-bond donors (Lipinski definition) is 0. The number of benzene rings is 2. The molecule has 0 unspecified atom stereocenters. The number of fused-ring (bicyclic) bond motifs is 2. The lowest BCUT2D eigenvalue weighted by Gasteiger charge is -2.19. The average molecular weight is 374 g/mol. The number of rotatable bonds is 4. The zero-order chi connectivity index (χ0) is 18.9. The van der Waals surface area contributed by atoms with Crippen LogP contribution in [-0.4, -0.2) is 22.3 Å². The lowest BCUT2D eigenvalue weighted by Crippen LogP contribution is -2.23. The zero-order valence-electron chi connectivity index (χ0n) is 15.6. The SMILES string of the molecule is O=c1ccn2c(n1)O[C@H](COc1ccc(-c3cccc4c3CCCC4)cc1)C2. The molecule has 0 fully saturated rings. The van der Waals surface area contributed by atoms with Crippen molar-refractivity contribution < 1.29 is 9.47 Å². The lowest BCUT2D eigenvalue weighted by molar-refractivity contribution is 0.143. The Morgan fingerprint density at radius 3 is 2.82 bits per heavy atom. The van der Waals surface area contributed by atoms with Crippen molar-refractivity contribution in [2.24, 2.45) is 0 Å². The van der Waals surface area contributed by atoms with E-state index in [0.29, 0.717) is 19.2 Å². The van der Waals surface area contributed by atoms with Gasteiger partial charge in [-0.15, -0.1) is 0 Å². The van der Waals surface area contributed by atoms with E-state index < -0.39 is 0 Å². The van der Waals surface area contributed by atoms with Crippen LogP contribution in [-0.2, 0) is 19.4 Å². The van der Waals surface area contributed by atoms with Gasteiger partial charge < -0.3 is 9.47 Å². The van der Waals surface area contributed by atoms with Gasteiger partial charge in [0.25, 0.3) is 11.6 Å². The van der Waals surface area contributed by atoms with Gasteiger partial charge in [-0.3, -0.25) is 9.36 Å². The number of ether oxygens (including phenoxy) is 2. The smallest absolute Gasteiger partial charge is 0.300 e. The number of aryl methyl sites for hydroxylation is 1. The standard InChI is InChI=1S/C23H22N2O3/c26-22-12-13-25-14-19(28-23(25)24-22)15-27-18-10-8-17(9-11-18)21-7-3-5-16-4-1-2-6-20(16)21/h3,5,7-13,19H,1-2,4,6,14-15H2/t19-/m0/s1. The molecular formula is C23H22N2O3. The minimum Gasteiger partial charge on any atom is -0.490 e. The van der Waals surface area contributed by atoms with Gasteiger partial charge in [0.15, 0.2) is 6.10 Å². The van der Waals surface area contributed by atoms with Crippen molar-refractivity contribution in [2.45, 2.75) is 38.3 Å². The molecule has 2 aromatic carbocycles. The Hall–Kier alpha value is -3.08. The Labute approximate surface area is 163 Å². The molecule has 5 nitrogen and oxygen atoms in total. The molecule has 0 saturated heterocycles. The fourth-order valence-electron chi connectivity index (χ4n) is 4.11. The quantitative estimate of drug-likeness (QED) is 0.700. The summed E-state index contributed by atoms with van der Waals surface area (Å²) in [6, 6.07) is 16.7. The van der Waals surface area contributed by atoms with Gasteiger partial charge in [-0.05, 0) is 60.1 Å². The first-order valence-corrected chi connectivity index (χ1v) is 9.84. The second-order valence-electron chi connectivity index (χ2n) is 7.43. The summed E-state index contributed by atoms with van der Waals surface area (Å²) in [5.41, 5.74) is 5.29. The van der Waals surface area contributed by atoms with Gasteiger partial charge in [-0.2, -0.15) is 4.98 Å². The van der Waals surface area contributed by atoms with Gasteiger partial charge in [0.05, 0.1) is 6.54 Å². The molecule has 2 heterocycles. The van der Waals surface area contributed by atoms with Crippen LogP contribution in [0, 0.1) is 0 Å². The van der Waals surface area contributed by atoms with E-state index >= 15 is 0 Å². The summed E-state index contributed by atoms with van der Waals surface area (Å²) in [5.74, 6) is 0.815. The van der Waals surface area contributed by atoms with Gasteiger partial charge in [0.1, 0.15) is 12.4 Å². The van der Waals surface area contributed by atoms with Crippen LogP contribution in [0.1, 0.15) is 24.0 Å². The zero-order valence-corrected chi connectivity index (χ0v) is 15.6. The monoisotopic (exact) mass is 374 g/mol. The first-order valence-electron chi connectivity index (χ1n) is 9.84. The Kier molecular flexibility index (Phi) is 4.35. The van der Waals surface area contributed by atoms with Crippen molar-refractivity contribution in [1.29, 1.82) is 0 Å². The van der Waals surface area contributed by atoms with E-state index in [1.54, 1.807) is 6.20 Å². The molecule has 28 heavy (non-hydrogen) atoms. The lowest BCUT2D eigenvalue weighted by atomic mass is 9.86. The highest BCUT2D eigenvalue weighted by Crippen LogP contribution is 2.32. The maximum Gasteiger partial charge on any atom is 0.300 e. The fraction of sp³-hybridized carbons (Fsp3) is 0.304. The molecule has 3 aromatic rings. The molecule has 1 aliphatic heterocycles. The topological polar surface area (TPSA) is 53.4 Å². The summed E-state index contributed by atoms with van der Waals surface area (Å²) in [6.45, 7) is 1.05. The summed E-state index contributed by atoms with van der Waals surface area (Å²) in [6.07, 6.45) is 6.49. The molecule has 0 spiro atoms. The predicted molar refractivity (Wildman–Crippen MR) is 107 cm³/mol. The Morgan fingerprint density at radius 1 is 1.07 bits per heavy atom. The number of aromatic nitrogens is 2. The maximum absolute atomic E-state index is 11.3. The van der Waals surface area contributed by atoms with Crippen molar-refractivity contribution in [3.05, 3.63) is 76.2 Å². The van der Waals surface area contributed by atoms with Crippen LogP contribution in [0.25, 0.3) is 11.1 Å². The molecule has 142 valence electrons. The summed E-state index contributed by atoms with van der Waals surface area (Å²) >= 11 is 0. The highest BCUT2D eigenvalue weighted by molar-refractivity contribution is 5.69. The van der Waals surface area contributed by atoms with Gasteiger partial charge >= 0.3 is 0 Å². The third kappa shape index (κ3) is 3.28. The highest BCUT2D eigenvalue weighted by Gasteiger charge is 2.23. The van der Waals surface area contributed by atoms with Crippen molar-refractivity contribution in [3.8, 4) is 22.9 Å². The second-order valence-corrected chi connectivity index (χ2v) is 7.43. The fourth-order valence-corrected chi connectivity index (χ4v) is 4.11. The van der Waals surface area contributed by atoms with E-state index in [1.807, 2.05) is 16.7 Å². The van der Waals surface area contributed by atoms with E-state index in [2.05, 4.69) is 35.3 Å². The summed E-state index contributed by atoms with van der Waals surface area (Å²) < 4.78 is 13.4. The first kappa shape index (κ1) is 17.0. The number of hydrogen-bond acceptors (Lipinski definition) is 4. The Bertz CT molecular complexity index is 1060. The van der Waals surface area contributed by atoms with Crippen molar-refractivity contribution >= 4 is 0 Å². The van der Waals surface area contributed by atoms with E-state index in [-0.39, 0.29) is 11.7 Å². The summed E-state index contributed by atoms with van der Waals surface area (Å²) in [4.78, 5) is 15.2. The molecule has 5 rings (SSSR count). The molecule has 1 atom stereocenters. The maximum atomic E-state index is 11.3. The normalized spacial score (nSPS) is 17.5. The van der Waals surface area contributed by atoms with Crippen LogP contribution in [0.5, 0.6) is 11.8 Å². The van der Waals surface area contributed by atoms with E-state index in [4.69, 9.17) is 9.47 Å². The largest absolute Gasteiger partial charge is 0.490 e. The summed E-state index contributed by atoms with van der Waals surface area (Å²) in [5, 5.41) is 0. The van der Waals surface area contributed by atoms with Crippen LogP contribution in [0.15, 0.2) is 59.5 Å².